The van der Waals surface area contributed by atoms with Crippen LogP contribution < -0.4 is 15.0 Å². The van der Waals surface area contributed by atoms with Gasteiger partial charge in [0.2, 0.25) is 5.91 Å². The van der Waals surface area contributed by atoms with Crippen LogP contribution in [0.2, 0.25) is 0 Å². The maximum atomic E-state index is 12.4. The van der Waals surface area contributed by atoms with Gasteiger partial charge in [-0.3, -0.25) is 9.59 Å². The second-order valence-corrected chi connectivity index (χ2v) is 6.04. The SMILES string of the molecule is Cc1ccc(C)c(NC(=O)CC2Oc3ccccc3N(C)C2=O)c1. The molecule has 5 heteroatoms. The maximum absolute atomic E-state index is 12.4. The van der Waals surface area contributed by atoms with Gasteiger partial charge in [-0.2, -0.15) is 0 Å². The molecule has 0 saturated carbocycles. The van der Waals surface area contributed by atoms with Gasteiger partial charge in [-0.25, -0.2) is 0 Å². The van der Waals surface area contributed by atoms with Crippen molar-refractivity contribution in [2.45, 2.75) is 26.4 Å². The van der Waals surface area contributed by atoms with E-state index in [0.717, 1.165) is 16.8 Å². The molecular formula is C19H20N2O3. The van der Waals surface area contributed by atoms with Crippen molar-refractivity contribution in [2.24, 2.45) is 0 Å². The molecule has 1 N–H and O–H groups in total. The molecule has 1 unspecified atom stereocenters. The Hall–Kier alpha value is -2.82. The standard InChI is InChI=1S/C19H20N2O3/c1-12-8-9-13(2)14(10-12)20-18(22)11-17-19(23)21(3)15-6-4-5-7-16(15)24-17/h4-10,17H,11H2,1-3H3,(H,20,22). The van der Waals surface area contributed by atoms with E-state index in [1.54, 1.807) is 13.1 Å². The Kier molecular flexibility index (Phi) is 4.25. The van der Waals surface area contributed by atoms with Crippen LogP contribution in [-0.2, 0) is 9.59 Å². The highest BCUT2D eigenvalue weighted by molar-refractivity contribution is 6.03. The van der Waals surface area contributed by atoms with Gasteiger partial charge in [-0.15, -0.1) is 0 Å². The molecule has 0 bridgehead atoms. The van der Waals surface area contributed by atoms with E-state index < -0.39 is 6.10 Å². The van der Waals surface area contributed by atoms with Crippen LogP contribution in [0, 0.1) is 13.8 Å². The Morgan fingerprint density at radius 2 is 1.96 bits per heavy atom. The van der Waals surface area contributed by atoms with E-state index in [1.165, 1.54) is 4.90 Å². The van der Waals surface area contributed by atoms with Crippen LogP contribution in [0.25, 0.3) is 0 Å². The lowest BCUT2D eigenvalue weighted by Crippen LogP contribution is -2.45. The van der Waals surface area contributed by atoms with Gasteiger partial charge in [0, 0.05) is 12.7 Å². The van der Waals surface area contributed by atoms with Crippen LogP contribution in [0.1, 0.15) is 17.5 Å². The molecule has 2 aromatic rings. The molecule has 1 heterocycles. The zero-order valence-electron chi connectivity index (χ0n) is 14.0. The normalized spacial score (nSPS) is 16.4. The monoisotopic (exact) mass is 324 g/mol. The minimum atomic E-state index is -0.810. The van der Waals surface area contributed by atoms with E-state index in [0.29, 0.717) is 11.4 Å². The molecule has 5 nitrogen and oxygen atoms in total. The molecular weight excluding hydrogens is 304 g/mol. The third-order valence-electron chi connectivity index (χ3n) is 4.14. The Morgan fingerprint density at radius 1 is 1.21 bits per heavy atom. The number of nitrogens with one attached hydrogen (secondary N) is 1. The summed E-state index contributed by atoms with van der Waals surface area (Å²) >= 11 is 0. The predicted molar refractivity (Wildman–Crippen MR) is 93.4 cm³/mol. The molecule has 0 fully saturated rings. The highest BCUT2D eigenvalue weighted by Crippen LogP contribution is 2.33. The number of nitrogens with zero attached hydrogens (tertiary/aromatic N) is 1. The summed E-state index contributed by atoms with van der Waals surface area (Å²) in [5.41, 5.74) is 3.52. The van der Waals surface area contributed by atoms with Crippen molar-refractivity contribution < 1.29 is 14.3 Å². The number of carbonyl (C=O) groups is 2. The highest BCUT2D eigenvalue weighted by atomic mass is 16.5. The number of ether oxygens (including phenoxy) is 1. The number of likely N-dealkylation sites (N-methyl/N-ethyl adjacent to an activating group) is 1. The zero-order chi connectivity index (χ0) is 17.3. The number of hydrogen-bond acceptors (Lipinski definition) is 3. The predicted octanol–water partition coefficient (Wildman–Crippen LogP) is 3.06. The molecule has 0 radical (unpaired) electrons. The number of fused-ring (bicyclic) bond motifs is 1. The third kappa shape index (κ3) is 3.11. The number of para-hydroxylation sites is 2. The van der Waals surface area contributed by atoms with Crippen LogP contribution in [-0.4, -0.2) is 25.0 Å². The molecule has 24 heavy (non-hydrogen) atoms. The van der Waals surface area contributed by atoms with E-state index in [-0.39, 0.29) is 18.2 Å². The molecule has 0 aliphatic carbocycles. The van der Waals surface area contributed by atoms with Crippen molar-refractivity contribution in [1.82, 2.24) is 0 Å². The van der Waals surface area contributed by atoms with Gasteiger partial charge in [0.1, 0.15) is 5.75 Å². The summed E-state index contributed by atoms with van der Waals surface area (Å²) in [5.74, 6) is 0.156. The number of amides is 2. The fourth-order valence-electron chi connectivity index (χ4n) is 2.74. The first-order chi connectivity index (χ1) is 11.5. The molecule has 124 valence electrons. The van der Waals surface area contributed by atoms with Crippen molar-refractivity contribution in [1.29, 1.82) is 0 Å². The van der Waals surface area contributed by atoms with Crippen LogP contribution in [0.15, 0.2) is 42.5 Å². The Labute approximate surface area is 141 Å². The lowest BCUT2D eigenvalue weighted by atomic mass is 10.1. The number of rotatable bonds is 3. The molecule has 1 atom stereocenters. The van der Waals surface area contributed by atoms with Gasteiger partial charge in [0.15, 0.2) is 6.10 Å². The van der Waals surface area contributed by atoms with Crippen LogP contribution in [0.4, 0.5) is 11.4 Å². The van der Waals surface area contributed by atoms with Crippen molar-refractivity contribution in [3.8, 4) is 5.75 Å². The van der Waals surface area contributed by atoms with Crippen molar-refractivity contribution in [3.05, 3.63) is 53.6 Å². The van der Waals surface area contributed by atoms with Gasteiger partial charge in [0.05, 0.1) is 12.1 Å². The number of benzene rings is 2. The highest BCUT2D eigenvalue weighted by Gasteiger charge is 2.33. The van der Waals surface area contributed by atoms with Crippen molar-refractivity contribution in [2.75, 3.05) is 17.3 Å². The van der Waals surface area contributed by atoms with E-state index in [2.05, 4.69) is 5.32 Å². The second kappa shape index (κ2) is 6.35. The number of anilines is 2. The molecule has 0 aromatic heterocycles. The lowest BCUT2D eigenvalue weighted by molar-refractivity contribution is -0.130. The topological polar surface area (TPSA) is 58.6 Å². The van der Waals surface area contributed by atoms with E-state index in [4.69, 9.17) is 4.74 Å². The maximum Gasteiger partial charge on any atom is 0.268 e. The molecule has 1 aliphatic rings. The quantitative estimate of drug-likeness (QED) is 0.944. The third-order valence-corrected chi connectivity index (χ3v) is 4.14. The summed E-state index contributed by atoms with van der Waals surface area (Å²) in [5, 5.41) is 2.87. The van der Waals surface area contributed by atoms with E-state index in [1.807, 2.05) is 50.2 Å². The van der Waals surface area contributed by atoms with Crippen molar-refractivity contribution in [3.63, 3.8) is 0 Å². The largest absolute Gasteiger partial charge is 0.478 e. The van der Waals surface area contributed by atoms with Crippen molar-refractivity contribution >= 4 is 23.2 Å². The van der Waals surface area contributed by atoms with Crippen LogP contribution in [0.3, 0.4) is 0 Å². The van der Waals surface area contributed by atoms with Crippen LogP contribution >= 0.6 is 0 Å². The molecule has 2 aromatic carbocycles. The average molecular weight is 324 g/mol. The summed E-state index contributed by atoms with van der Waals surface area (Å²) < 4.78 is 5.72. The van der Waals surface area contributed by atoms with E-state index in [9.17, 15) is 9.59 Å². The molecule has 2 amide bonds. The zero-order valence-corrected chi connectivity index (χ0v) is 14.0. The Balaban J connectivity index is 1.73. The summed E-state index contributed by atoms with van der Waals surface area (Å²) in [7, 11) is 1.69. The summed E-state index contributed by atoms with van der Waals surface area (Å²) in [6, 6.07) is 13.2. The molecule has 0 saturated heterocycles. The van der Waals surface area contributed by atoms with Gasteiger partial charge >= 0.3 is 0 Å². The second-order valence-electron chi connectivity index (χ2n) is 6.04. The van der Waals surface area contributed by atoms with Gasteiger partial charge in [-0.05, 0) is 43.2 Å². The minimum Gasteiger partial charge on any atom is -0.478 e. The first-order valence-corrected chi connectivity index (χ1v) is 7.86. The minimum absolute atomic E-state index is 0.0229. The summed E-state index contributed by atoms with van der Waals surface area (Å²) in [4.78, 5) is 26.3. The summed E-state index contributed by atoms with van der Waals surface area (Å²) in [6.07, 6.45) is -0.833. The smallest absolute Gasteiger partial charge is 0.268 e. The van der Waals surface area contributed by atoms with E-state index >= 15 is 0 Å². The summed E-state index contributed by atoms with van der Waals surface area (Å²) in [6.45, 7) is 3.90. The first kappa shape index (κ1) is 16.1. The number of hydrogen-bond donors (Lipinski definition) is 1. The molecule has 0 spiro atoms. The Morgan fingerprint density at radius 3 is 2.75 bits per heavy atom. The lowest BCUT2D eigenvalue weighted by Gasteiger charge is -2.31. The molecule has 1 aliphatic heterocycles. The van der Waals surface area contributed by atoms with Crippen LogP contribution in [0.5, 0.6) is 5.75 Å². The van der Waals surface area contributed by atoms with Gasteiger partial charge in [-0.1, -0.05) is 24.3 Å². The average Bonchev–Trinajstić information content (AvgIpc) is 2.56. The Bertz CT molecular complexity index is 801. The fourth-order valence-corrected chi connectivity index (χ4v) is 2.74. The van der Waals surface area contributed by atoms with Gasteiger partial charge < -0.3 is 15.0 Å². The molecule has 3 rings (SSSR count). The van der Waals surface area contributed by atoms with Gasteiger partial charge in [0.25, 0.3) is 5.91 Å². The number of aryl methyl sites for hydroxylation is 2. The first-order valence-electron chi connectivity index (χ1n) is 7.86. The number of carbonyl (C=O) groups excluding carboxylic acids is 2. The fraction of sp³-hybridized carbons (Fsp3) is 0.263.